The summed E-state index contributed by atoms with van der Waals surface area (Å²) in [6, 6.07) is 0.938. The van der Waals surface area contributed by atoms with Crippen LogP contribution in [0.2, 0.25) is 0 Å². The minimum Gasteiger partial charge on any atom is -0.364 e. The molecule has 0 radical (unpaired) electrons. The molecule has 1 aromatic rings. The van der Waals surface area contributed by atoms with E-state index in [2.05, 4.69) is 9.97 Å². The summed E-state index contributed by atoms with van der Waals surface area (Å²) >= 11 is 0. The molecule has 0 amide bonds. The van der Waals surface area contributed by atoms with E-state index in [0.717, 1.165) is 6.07 Å². The van der Waals surface area contributed by atoms with E-state index in [9.17, 15) is 22.4 Å². The quantitative estimate of drug-likeness (QED) is 0.804. The summed E-state index contributed by atoms with van der Waals surface area (Å²) in [6.07, 6.45) is -3.77. The smallest absolute Gasteiger partial charge is 0.324 e. The maximum absolute atomic E-state index is 12.7. The van der Waals surface area contributed by atoms with Crippen LogP contribution in [-0.2, 0) is 0 Å². The number of rotatable bonds is 5. The molecule has 0 saturated heterocycles. The largest absolute Gasteiger partial charge is 0.364 e. The van der Waals surface area contributed by atoms with Crippen molar-refractivity contribution in [2.45, 2.75) is 32.1 Å². The van der Waals surface area contributed by atoms with Gasteiger partial charge in [-0.1, -0.05) is 13.8 Å². The molecule has 0 unspecified atom stereocenters. The average Bonchev–Trinajstić information content (AvgIpc) is 2.25. The van der Waals surface area contributed by atoms with Crippen LogP contribution in [-0.4, -0.2) is 28.9 Å². The summed E-state index contributed by atoms with van der Waals surface area (Å²) < 4.78 is 49.2. The predicted molar refractivity (Wildman–Crippen MR) is 58.4 cm³/mol. The highest BCUT2D eigenvalue weighted by Gasteiger charge is 2.40. The van der Waals surface area contributed by atoms with Crippen LogP contribution in [0.25, 0.3) is 0 Å². The second kappa shape index (κ2) is 5.36. The summed E-state index contributed by atoms with van der Waals surface area (Å²) in [5, 5.41) is 2.04. The van der Waals surface area contributed by atoms with E-state index < -0.39 is 24.5 Å². The van der Waals surface area contributed by atoms with E-state index in [4.69, 9.17) is 0 Å². The Bertz CT molecular complexity index is 459. The molecule has 1 heterocycles. The lowest BCUT2D eigenvalue weighted by molar-refractivity contribution is -0.117. The molecule has 18 heavy (non-hydrogen) atoms. The zero-order chi connectivity index (χ0) is 13.9. The molecule has 0 fully saturated rings. The standard InChI is InChI=1S/C10H13F4N3O/c1-5(2)8-16-6(3-7(18)17-8)15-4-10(13,14)9(11)12/h3,5,9H,4H2,1-2H3,(H2,15,16,17,18). The Kier molecular flexibility index (Phi) is 4.31. The van der Waals surface area contributed by atoms with Crippen molar-refractivity contribution in [1.82, 2.24) is 9.97 Å². The number of halogens is 4. The highest BCUT2D eigenvalue weighted by atomic mass is 19.3. The van der Waals surface area contributed by atoms with Crippen molar-refractivity contribution in [2.75, 3.05) is 11.9 Å². The minimum absolute atomic E-state index is 0.116. The van der Waals surface area contributed by atoms with Crippen molar-refractivity contribution in [3.63, 3.8) is 0 Å². The molecule has 0 aromatic carbocycles. The maximum atomic E-state index is 12.7. The van der Waals surface area contributed by atoms with E-state index in [1.807, 2.05) is 5.32 Å². The zero-order valence-corrected chi connectivity index (χ0v) is 9.81. The molecule has 0 aliphatic rings. The van der Waals surface area contributed by atoms with Crippen LogP contribution >= 0.6 is 0 Å². The van der Waals surface area contributed by atoms with Crippen LogP contribution in [0.3, 0.4) is 0 Å². The fourth-order valence-corrected chi connectivity index (χ4v) is 1.13. The monoisotopic (exact) mass is 267 g/mol. The summed E-state index contributed by atoms with van der Waals surface area (Å²) in [4.78, 5) is 17.5. The zero-order valence-electron chi connectivity index (χ0n) is 9.81. The molecule has 0 aliphatic heterocycles. The number of nitrogens with zero attached hydrogens (tertiary/aromatic N) is 1. The normalized spacial score (nSPS) is 12.2. The number of nitrogens with one attached hydrogen (secondary N) is 2. The van der Waals surface area contributed by atoms with Crippen LogP contribution in [0.5, 0.6) is 0 Å². The van der Waals surface area contributed by atoms with Crippen LogP contribution in [0, 0.1) is 0 Å². The van der Waals surface area contributed by atoms with Gasteiger partial charge in [0.2, 0.25) is 0 Å². The average molecular weight is 267 g/mol. The van der Waals surface area contributed by atoms with E-state index in [1.165, 1.54) is 0 Å². The predicted octanol–water partition coefficient (Wildman–Crippen LogP) is 2.21. The first kappa shape index (κ1) is 14.5. The van der Waals surface area contributed by atoms with E-state index in [0.29, 0.717) is 5.82 Å². The maximum Gasteiger partial charge on any atom is 0.324 e. The van der Waals surface area contributed by atoms with Gasteiger partial charge in [0.05, 0.1) is 6.54 Å². The second-order valence-electron chi connectivity index (χ2n) is 4.09. The third-order valence-electron chi connectivity index (χ3n) is 2.13. The van der Waals surface area contributed by atoms with Gasteiger partial charge in [0.1, 0.15) is 11.6 Å². The van der Waals surface area contributed by atoms with Gasteiger partial charge in [0.15, 0.2) is 0 Å². The Morgan fingerprint density at radius 3 is 2.56 bits per heavy atom. The lowest BCUT2D eigenvalue weighted by Gasteiger charge is -2.16. The van der Waals surface area contributed by atoms with Crippen LogP contribution < -0.4 is 10.9 Å². The van der Waals surface area contributed by atoms with Crippen molar-refractivity contribution >= 4 is 5.82 Å². The number of hydrogen-bond donors (Lipinski definition) is 2. The molecule has 0 atom stereocenters. The van der Waals surface area contributed by atoms with E-state index in [-0.39, 0.29) is 11.7 Å². The molecular formula is C10H13F4N3O. The van der Waals surface area contributed by atoms with Crippen molar-refractivity contribution < 1.29 is 17.6 Å². The molecule has 0 aliphatic carbocycles. The summed E-state index contributed by atoms with van der Waals surface area (Å²) in [6.45, 7) is 2.21. The fourth-order valence-electron chi connectivity index (χ4n) is 1.13. The third-order valence-corrected chi connectivity index (χ3v) is 2.13. The van der Waals surface area contributed by atoms with E-state index in [1.54, 1.807) is 13.8 Å². The number of aromatic nitrogens is 2. The van der Waals surface area contributed by atoms with E-state index >= 15 is 0 Å². The van der Waals surface area contributed by atoms with Gasteiger partial charge in [-0.15, -0.1) is 0 Å². The minimum atomic E-state index is -4.16. The second-order valence-corrected chi connectivity index (χ2v) is 4.09. The lowest BCUT2D eigenvalue weighted by atomic mass is 10.2. The van der Waals surface area contributed by atoms with Gasteiger partial charge < -0.3 is 10.3 Å². The summed E-state index contributed by atoms with van der Waals surface area (Å²) in [7, 11) is 0. The van der Waals surface area contributed by atoms with Gasteiger partial charge in [-0.2, -0.15) is 8.78 Å². The summed E-state index contributed by atoms with van der Waals surface area (Å²) in [5.41, 5.74) is -0.531. The van der Waals surface area contributed by atoms with Gasteiger partial charge in [0, 0.05) is 12.0 Å². The van der Waals surface area contributed by atoms with Crippen molar-refractivity contribution in [3.05, 3.63) is 22.2 Å². The molecule has 8 heteroatoms. The van der Waals surface area contributed by atoms with Crippen molar-refractivity contribution in [3.8, 4) is 0 Å². The highest BCUT2D eigenvalue weighted by molar-refractivity contribution is 5.33. The molecule has 4 nitrogen and oxygen atoms in total. The molecular weight excluding hydrogens is 254 g/mol. The number of hydrogen-bond acceptors (Lipinski definition) is 3. The summed E-state index contributed by atoms with van der Waals surface area (Å²) in [5.74, 6) is -4.13. The number of anilines is 1. The van der Waals surface area contributed by atoms with Gasteiger partial charge in [-0.25, -0.2) is 13.8 Å². The van der Waals surface area contributed by atoms with Crippen LogP contribution in [0.4, 0.5) is 23.4 Å². The number of alkyl halides is 4. The number of H-pyrrole nitrogens is 1. The first-order valence-electron chi connectivity index (χ1n) is 5.23. The highest BCUT2D eigenvalue weighted by Crippen LogP contribution is 2.22. The third kappa shape index (κ3) is 3.71. The van der Waals surface area contributed by atoms with Gasteiger partial charge in [-0.05, 0) is 0 Å². The lowest BCUT2D eigenvalue weighted by Crippen LogP contribution is -2.35. The van der Waals surface area contributed by atoms with Crippen molar-refractivity contribution in [2.24, 2.45) is 0 Å². The Labute approximate surface area is 100 Å². The Hall–Kier alpha value is -1.60. The first-order valence-corrected chi connectivity index (χ1v) is 5.23. The molecule has 0 saturated carbocycles. The van der Waals surface area contributed by atoms with Crippen LogP contribution in [0.1, 0.15) is 25.6 Å². The molecule has 0 bridgehead atoms. The SMILES string of the molecule is CC(C)c1nc(NCC(F)(F)C(F)F)cc(=O)[nH]1. The van der Waals surface area contributed by atoms with Crippen LogP contribution in [0.15, 0.2) is 10.9 Å². The first-order chi connectivity index (χ1) is 8.22. The Morgan fingerprint density at radius 1 is 1.44 bits per heavy atom. The molecule has 1 rings (SSSR count). The fraction of sp³-hybridized carbons (Fsp3) is 0.600. The van der Waals surface area contributed by atoms with Gasteiger partial charge in [0.25, 0.3) is 5.56 Å². The Balaban J connectivity index is 2.83. The molecule has 102 valence electrons. The number of aromatic amines is 1. The van der Waals surface area contributed by atoms with Gasteiger partial charge >= 0.3 is 12.3 Å². The Morgan fingerprint density at radius 2 is 2.06 bits per heavy atom. The van der Waals surface area contributed by atoms with Gasteiger partial charge in [-0.3, -0.25) is 4.79 Å². The molecule has 2 N–H and O–H groups in total. The molecule has 0 spiro atoms. The topological polar surface area (TPSA) is 57.8 Å². The van der Waals surface area contributed by atoms with Crippen molar-refractivity contribution in [1.29, 1.82) is 0 Å². The molecule has 1 aromatic heterocycles.